The van der Waals surface area contributed by atoms with Crippen LogP contribution in [0.1, 0.15) is 37.8 Å². The lowest BCUT2D eigenvalue weighted by Gasteiger charge is -2.32. The molecule has 0 amide bonds. The van der Waals surface area contributed by atoms with E-state index in [0.29, 0.717) is 47.1 Å². The molecule has 5 rings (SSSR count). The zero-order chi connectivity index (χ0) is 26.3. The van der Waals surface area contributed by atoms with E-state index in [4.69, 9.17) is 10.7 Å². The largest absolute Gasteiger partial charge is 0.390 e. The molecule has 0 aliphatic carbocycles. The summed E-state index contributed by atoms with van der Waals surface area (Å²) in [5.41, 5.74) is 7.61. The molecular weight excluding hydrogens is 474 g/mol. The Morgan fingerprint density at radius 3 is 2.54 bits per heavy atom. The van der Waals surface area contributed by atoms with Crippen LogP contribution < -0.4 is 10.6 Å². The molecule has 0 atom stereocenters. The average molecular weight is 503 g/mol. The number of nitriles is 1. The van der Waals surface area contributed by atoms with Crippen LogP contribution in [-0.2, 0) is 6.42 Å². The Hall–Kier alpha value is -3.87. The van der Waals surface area contributed by atoms with Crippen LogP contribution in [0.4, 0.5) is 14.7 Å². The molecule has 3 N–H and O–H groups in total. The van der Waals surface area contributed by atoms with Crippen LogP contribution >= 0.6 is 0 Å². The third kappa shape index (κ3) is 4.90. The van der Waals surface area contributed by atoms with Crippen molar-refractivity contribution in [2.45, 2.75) is 44.8 Å². The van der Waals surface area contributed by atoms with E-state index in [1.165, 1.54) is 18.2 Å². The number of piperidine rings is 1. The zero-order valence-corrected chi connectivity index (χ0v) is 20.7. The number of fused-ring (bicyclic) bond motifs is 1. The van der Waals surface area contributed by atoms with E-state index >= 15 is 4.39 Å². The van der Waals surface area contributed by atoms with Crippen molar-refractivity contribution < 1.29 is 13.9 Å². The van der Waals surface area contributed by atoms with Crippen molar-refractivity contribution in [2.24, 2.45) is 5.73 Å². The molecule has 37 heavy (non-hydrogen) atoms. The van der Waals surface area contributed by atoms with Gasteiger partial charge in [-0.2, -0.15) is 5.26 Å². The van der Waals surface area contributed by atoms with Crippen molar-refractivity contribution in [3.05, 3.63) is 71.6 Å². The highest BCUT2D eigenvalue weighted by Gasteiger charge is 2.26. The molecule has 2 aromatic heterocycles. The number of aliphatic hydroxyl groups is 1. The van der Waals surface area contributed by atoms with Crippen LogP contribution in [0.3, 0.4) is 0 Å². The Morgan fingerprint density at radius 2 is 1.89 bits per heavy atom. The fourth-order valence-corrected chi connectivity index (χ4v) is 4.87. The number of aromatic nitrogens is 3. The Kier molecular flexibility index (Phi) is 6.40. The smallest absolute Gasteiger partial charge is 0.211 e. The van der Waals surface area contributed by atoms with Gasteiger partial charge in [0.1, 0.15) is 23.4 Å². The second kappa shape index (κ2) is 9.54. The van der Waals surface area contributed by atoms with Crippen LogP contribution in [0.2, 0.25) is 0 Å². The summed E-state index contributed by atoms with van der Waals surface area (Å²) in [6.45, 7) is 4.73. The quantitative estimate of drug-likeness (QED) is 0.418. The maximum absolute atomic E-state index is 15.6. The van der Waals surface area contributed by atoms with Gasteiger partial charge in [-0.1, -0.05) is 18.2 Å². The van der Waals surface area contributed by atoms with E-state index in [0.717, 1.165) is 12.8 Å². The summed E-state index contributed by atoms with van der Waals surface area (Å²) in [7, 11) is 0. The van der Waals surface area contributed by atoms with Gasteiger partial charge in [-0.3, -0.25) is 4.40 Å². The minimum absolute atomic E-state index is 0.0837. The van der Waals surface area contributed by atoms with Gasteiger partial charge in [0.25, 0.3) is 0 Å². The highest BCUT2D eigenvalue weighted by Crippen LogP contribution is 2.38. The molecule has 0 radical (unpaired) electrons. The number of hydrogen-bond donors (Lipinski definition) is 2. The summed E-state index contributed by atoms with van der Waals surface area (Å²) in [6, 6.07) is 11.0. The van der Waals surface area contributed by atoms with Gasteiger partial charge in [-0.05, 0) is 50.5 Å². The zero-order valence-electron chi connectivity index (χ0n) is 20.7. The molecule has 0 unspecified atom stereocenters. The second-order valence-corrected chi connectivity index (χ2v) is 10.2. The number of nitrogens with two attached hydrogens (primary N) is 1. The van der Waals surface area contributed by atoms with Crippen molar-refractivity contribution in [1.29, 1.82) is 5.26 Å². The lowest BCUT2D eigenvalue weighted by atomic mass is 9.94. The third-order valence-electron chi connectivity index (χ3n) is 6.65. The van der Waals surface area contributed by atoms with E-state index in [1.807, 2.05) is 10.5 Å². The Labute approximate surface area is 213 Å². The van der Waals surface area contributed by atoms with Crippen molar-refractivity contribution in [3.8, 4) is 28.5 Å². The van der Waals surface area contributed by atoms with Crippen LogP contribution in [0.5, 0.6) is 0 Å². The van der Waals surface area contributed by atoms with Gasteiger partial charge in [0.15, 0.2) is 0 Å². The number of benzene rings is 2. The van der Waals surface area contributed by atoms with E-state index in [1.54, 1.807) is 44.4 Å². The number of hydrogen-bond acceptors (Lipinski definition) is 6. The van der Waals surface area contributed by atoms with E-state index in [-0.39, 0.29) is 23.6 Å². The first-order chi connectivity index (χ1) is 17.6. The minimum Gasteiger partial charge on any atom is -0.390 e. The van der Waals surface area contributed by atoms with Crippen LogP contribution in [0.15, 0.2) is 48.8 Å². The Morgan fingerprint density at radius 1 is 1.14 bits per heavy atom. The summed E-state index contributed by atoms with van der Waals surface area (Å²) in [5, 5.41) is 19.4. The van der Waals surface area contributed by atoms with Crippen LogP contribution in [-0.4, -0.2) is 44.2 Å². The number of halogens is 2. The van der Waals surface area contributed by atoms with E-state index < -0.39 is 17.2 Å². The molecule has 3 heterocycles. The molecule has 0 saturated carbocycles. The van der Waals surface area contributed by atoms with Gasteiger partial charge in [0, 0.05) is 49.1 Å². The highest BCUT2D eigenvalue weighted by molar-refractivity contribution is 5.91. The molecule has 1 aliphatic heterocycles. The Bertz CT molecular complexity index is 1510. The molecule has 7 nitrogen and oxygen atoms in total. The summed E-state index contributed by atoms with van der Waals surface area (Å²) in [6.07, 6.45) is 5.29. The average Bonchev–Trinajstić information content (AvgIpc) is 3.33. The molecular formula is C28H28F2N6O. The summed E-state index contributed by atoms with van der Waals surface area (Å²) < 4.78 is 32.2. The summed E-state index contributed by atoms with van der Waals surface area (Å²) in [5.74, 6) is -0.565. The Balaban J connectivity index is 1.74. The first kappa shape index (κ1) is 24.8. The molecule has 0 spiro atoms. The molecule has 1 fully saturated rings. The molecule has 0 bridgehead atoms. The standard InChI is InChI=1S/C28H28F2N6O/c1-28(2,37)15-17-3-6-21(23(30)13-17)24-25(18-4-5-19(16-31)22(29)14-18)34-27(36-12-9-33-26(24)36)35-10-7-20(32)8-11-35/h3-6,9,12-14,20,37H,7-8,10-11,15,32H2,1-2H3. The number of nitrogens with zero attached hydrogens (tertiary/aromatic N) is 5. The maximum atomic E-state index is 15.6. The van der Waals surface area contributed by atoms with Gasteiger partial charge < -0.3 is 15.7 Å². The predicted octanol–water partition coefficient (Wildman–Crippen LogP) is 4.45. The number of rotatable bonds is 5. The molecule has 2 aromatic carbocycles. The van der Waals surface area contributed by atoms with Crippen molar-refractivity contribution >= 4 is 11.6 Å². The lowest BCUT2D eigenvalue weighted by Crippen LogP contribution is -2.40. The van der Waals surface area contributed by atoms with Crippen LogP contribution in [0, 0.1) is 23.0 Å². The van der Waals surface area contributed by atoms with Gasteiger partial charge in [0.2, 0.25) is 5.95 Å². The summed E-state index contributed by atoms with van der Waals surface area (Å²) >= 11 is 0. The molecule has 1 saturated heterocycles. The van der Waals surface area contributed by atoms with Gasteiger partial charge in [0.05, 0.1) is 22.4 Å². The van der Waals surface area contributed by atoms with Crippen LogP contribution in [0.25, 0.3) is 28.0 Å². The van der Waals surface area contributed by atoms with E-state index in [2.05, 4.69) is 9.88 Å². The SMILES string of the molecule is CC(C)(O)Cc1ccc(-c2c(-c3ccc(C#N)c(F)c3)nc(N3CCC(N)CC3)n3ccnc23)c(F)c1. The van der Waals surface area contributed by atoms with Crippen molar-refractivity contribution in [2.75, 3.05) is 18.0 Å². The third-order valence-corrected chi connectivity index (χ3v) is 6.65. The summed E-state index contributed by atoms with van der Waals surface area (Å²) in [4.78, 5) is 11.6. The van der Waals surface area contributed by atoms with Crippen molar-refractivity contribution in [3.63, 3.8) is 0 Å². The minimum atomic E-state index is -0.990. The highest BCUT2D eigenvalue weighted by atomic mass is 19.1. The molecule has 190 valence electrons. The number of imidazole rings is 1. The predicted molar refractivity (Wildman–Crippen MR) is 138 cm³/mol. The fraction of sp³-hybridized carbons (Fsp3) is 0.321. The first-order valence-corrected chi connectivity index (χ1v) is 12.2. The van der Waals surface area contributed by atoms with E-state index in [9.17, 15) is 14.8 Å². The maximum Gasteiger partial charge on any atom is 0.211 e. The monoisotopic (exact) mass is 502 g/mol. The van der Waals surface area contributed by atoms with Gasteiger partial charge in [-0.15, -0.1) is 0 Å². The first-order valence-electron chi connectivity index (χ1n) is 12.2. The molecule has 4 aromatic rings. The number of anilines is 1. The van der Waals surface area contributed by atoms with Gasteiger partial charge >= 0.3 is 0 Å². The second-order valence-electron chi connectivity index (χ2n) is 10.2. The molecule has 9 heteroatoms. The normalized spacial score (nSPS) is 14.8. The topological polar surface area (TPSA) is 103 Å². The van der Waals surface area contributed by atoms with Crippen molar-refractivity contribution in [1.82, 2.24) is 14.4 Å². The van der Waals surface area contributed by atoms with Gasteiger partial charge in [-0.25, -0.2) is 18.7 Å². The molecule has 1 aliphatic rings. The lowest BCUT2D eigenvalue weighted by molar-refractivity contribution is 0.0809. The fourth-order valence-electron chi connectivity index (χ4n) is 4.87.